The first-order valence-corrected chi connectivity index (χ1v) is 3.96. The Labute approximate surface area is 63.3 Å². The summed E-state index contributed by atoms with van der Waals surface area (Å²) in [5.41, 5.74) is 0. The third-order valence-corrected chi connectivity index (χ3v) is 1.08. The molecule has 2 heteroatoms. The minimum Gasteiger partial charge on any atom is -0.396 e. The second-order valence-electron chi connectivity index (χ2n) is 2.19. The highest BCUT2D eigenvalue weighted by molar-refractivity contribution is 5.55. The van der Waals surface area contributed by atoms with Crippen molar-refractivity contribution >= 4 is 6.21 Å². The first kappa shape index (κ1) is 9.47. The molecule has 0 aromatic rings. The maximum atomic E-state index is 4.89. The van der Waals surface area contributed by atoms with Gasteiger partial charge >= 0.3 is 0 Å². The lowest BCUT2D eigenvalue weighted by Crippen LogP contribution is -1.86. The van der Waals surface area contributed by atoms with E-state index in [9.17, 15) is 0 Å². The van der Waals surface area contributed by atoms with Gasteiger partial charge in [-0.2, -0.15) is 0 Å². The summed E-state index contributed by atoms with van der Waals surface area (Å²) in [6, 6.07) is 0. The largest absolute Gasteiger partial charge is 0.396 e. The van der Waals surface area contributed by atoms with Gasteiger partial charge in [-0.1, -0.05) is 31.8 Å². The van der Waals surface area contributed by atoms with Crippen molar-refractivity contribution in [1.82, 2.24) is 0 Å². The van der Waals surface area contributed by atoms with Crippen LogP contribution in [0.25, 0.3) is 0 Å². The highest BCUT2D eigenvalue weighted by Gasteiger charge is 1.80. The molecule has 0 spiro atoms. The highest BCUT2D eigenvalue weighted by Crippen LogP contribution is 1.88. The fourth-order valence-corrected chi connectivity index (χ4v) is 0.458. The van der Waals surface area contributed by atoms with Crippen LogP contribution in [0.2, 0.25) is 0 Å². The number of unbranched alkanes of at least 4 members (excludes halogenated alkanes) is 2. The van der Waals surface area contributed by atoms with E-state index in [1.54, 1.807) is 0 Å². The van der Waals surface area contributed by atoms with Gasteiger partial charge in [0.2, 0.25) is 0 Å². The molecule has 0 aliphatic heterocycles. The van der Waals surface area contributed by atoms with Crippen molar-refractivity contribution < 1.29 is 4.84 Å². The summed E-state index contributed by atoms with van der Waals surface area (Å²) in [6.07, 6.45) is 7.01. The molecule has 0 rings (SSSR count). The van der Waals surface area contributed by atoms with Crippen molar-refractivity contribution in [2.75, 3.05) is 6.61 Å². The maximum Gasteiger partial charge on any atom is 0.117 e. The lowest BCUT2D eigenvalue weighted by atomic mass is 10.4. The molecule has 0 atom stereocenters. The fraction of sp³-hybridized carbons (Fsp3) is 0.875. The number of hydrogen-bond donors (Lipinski definition) is 0. The van der Waals surface area contributed by atoms with Crippen LogP contribution in [0.3, 0.4) is 0 Å². The van der Waals surface area contributed by atoms with Gasteiger partial charge < -0.3 is 4.84 Å². The van der Waals surface area contributed by atoms with E-state index in [1.807, 2.05) is 0 Å². The van der Waals surface area contributed by atoms with Crippen LogP contribution in [0.15, 0.2) is 5.16 Å². The Morgan fingerprint density at radius 3 is 2.70 bits per heavy atom. The van der Waals surface area contributed by atoms with Gasteiger partial charge in [0, 0.05) is 0 Å². The fourth-order valence-electron chi connectivity index (χ4n) is 0.458. The van der Waals surface area contributed by atoms with E-state index < -0.39 is 0 Å². The van der Waals surface area contributed by atoms with Gasteiger partial charge in [-0.05, 0) is 12.8 Å². The lowest BCUT2D eigenvalue weighted by molar-refractivity contribution is 0.142. The molecule has 0 saturated carbocycles. The predicted molar refractivity (Wildman–Crippen MR) is 43.2 cm³/mol. The number of rotatable bonds is 6. The third-order valence-electron chi connectivity index (χ3n) is 1.08. The minimum absolute atomic E-state index is 0.729. The van der Waals surface area contributed by atoms with Gasteiger partial charge in [0.25, 0.3) is 0 Å². The Hall–Kier alpha value is -0.530. The maximum absolute atomic E-state index is 4.89. The summed E-state index contributed by atoms with van der Waals surface area (Å²) in [5.74, 6) is 0. The Bertz CT molecular complexity index is 81.3. The summed E-state index contributed by atoms with van der Waals surface area (Å²) < 4.78 is 0. The Kier molecular flexibility index (Phi) is 8.02. The van der Waals surface area contributed by atoms with E-state index in [0.29, 0.717) is 0 Å². The van der Waals surface area contributed by atoms with Gasteiger partial charge in [-0.3, -0.25) is 0 Å². The topological polar surface area (TPSA) is 21.6 Å². The van der Waals surface area contributed by atoms with E-state index in [2.05, 4.69) is 25.2 Å². The van der Waals surface area contributed by atoms with E-state index in [-0.39, 0.29) is 0 Å². The van der Waals surface area contributed by atoms with Crippen LogP contribution in [-0.4, -0.2) is 12.8 Å². The molecule has 10 heavy (non-hydrogen) atoms. The average molecular weight is 142 g/mol. The number of hydrogen-bond acceptors (Lipinski definition) is 2. The van der Waals surface area contributed by atoms with Crippen molar-refractivity contribution in [2.45, 2.75) is 39.5 Å². The zero-order valence-electron chi connectivity index (χ0n) is 6.89. The third kappa shape index (κ3) is 7.47. The molecule has 2 nitrogen and oxygen atoms in total. The molecular formula is C8H16NO. The van der Waals surface area contributed by atoms with Crippen LogP contribution in [0.1, 0.15) is 39.5 Å². The molecule has 0 aromatic heterocycles. The normalized spacial score (nSPS) is 10.6. The summed E-state index contributed by atoms with van der Waals surface area (Å²) in [6.45, 7) is 4.95. The molecule has 0 unspecified atom stereocenters. The Morgan fingerprint density at radius 1 is 1.30 bits per heavy atom. The zero-order chi connectivity index (χ0) is 7.66. The van der Waals surface area contributed by atoms with E-state index in [1.165, 1.54) is 0 Å². The summed E-state index contributed by atoms with van der Waals surface area (Å²) in [4.78, 5) is 4.89. The van der Waals surface area contributed by atoms with Crippen LogP contribution in [0.4, 0.5) is 0 Å². The SMILES string of the molecule is CCC/[C]=N/OCCCC. The molecule has 0 bridgehead atoms. The van der Waals surface area contributed by atoms with Crippen LogP contribution in [0, 0.1) is 0 Å². The van der Waals surface area contributed by atoms with Gasteiger partial charge in [-0.25, -0.2) is 0 Å². The van der Waals surface area contributed by atoms with Crippen molar-refractivity contribution in [3.05, 3.63) is 0 Å². The van der Waals surface area contributed by atoms with Crippen molar-refractivity contribution in [3.8, 4) is 0 Å². The second kappa shape index (κ2) is 8.47. The summed E-state index contributed by atoms with van der Waals surface area (Å²) >= 11 is 0. The average Bonchev–Trinajstić information content (AvgIpc) is 1.97. The molecule has 0 saturated heterocycles. The molecule has 0 aliphatic carbocycles. The molecular weight excluding hydrogens is 126 g/mol. The molecule has 59 valence electrons. The molecule has 0 fully saturated rings. The van der Waals surface area contributed by atoms with Crippen LogP contribution >= 0.6 is 0 Å². The molecule has 0 N–H and O–H groups in total. The molecule has 0 aromatic carbocycles. The predicted octanol–water partition coefficient (Wildman–Crippen LogP) is 2.47. The first-order chi connectivity index (χ1) is 4.91. The summed E-state index contributed by atoms with van der Waals surface area (Å²) in [7, 11) is 0. The van der Waals surface area contributed by atoms with Gasteiger partial charge in [-0.15, -0.1) is 0 Å². The van der Waals surface area contributed by atoms with Crippen LogP contribution < -0.4 is 0 Å². The van der Waals surface area contributed by atoms with Gasteiger partial charge in [0.1, 0.15) is 12.8 Å². The van der Waals surface area contributed by atoms with Crippen LogP contribution in [0.5, 0.6) is 0 Å². The van der Waals surface area contributed by atoms with Crippen molar-refractivity contribution in [1.29, 1.82) is 0 Å². The monoisotopic (exact) mass is 142 g/mol. The summed E-state index contributed by atoms with van der Waals surface area (Å²) in [5, 5.41) is 3.65. The smallest absolute Gasteiger partial charge is 0.117 e. The van der Waals surface area contributed by atoms with Crippen molar-refractivity contribution in [3.63, 3.8) is 0 Å². The zero-order valence-corrected chi connectivity index (χ0v) is 6.89. The van der Waals surface area contributed by atoms with Gasteiger partial charge in [0.05, 0.1) is 0 Å². The van der Waals surface area contributed by atoms with Crippen LogP contribution in [-0.2, 0) is 4.84 Å². The Balaban J connectivity index is 2.88. The van der Waals surface area contributed by atoms with Crippen molar-refractivity contribution in [2.24, 2.45) is 5.16 Å². The van der Waals surface area contributed by atoms with E-state index in [4.69, 9.17) is 4.84 Å². The van der Waals surface area contributed by atoms with E-state index >= 15 is 0 Å². The van der Waals surface area contributed by atoms with E-state index in [0.717, 1.165) is 32.3 Å². The highest BCUT2D eigenvalue weighted by atomic mass is 16.6. The molecule has 0 aliphatic rings. The molecule has 0 heterocycles. The molecule has 1 radical (unpaired) electrons. The minimum atomic E-state index is 0.729. The molecule has 0 amide bonds. The Morgan fingerprint density at radius 2 is 2.10 bits per heavy atom. The first-order valence-electron chi connectivity index (χ1n) is 3.96. The number of nitrogens with zero attached hydrogens (tertiary/aromatic N) is 1. The van der Waals surface area contributed by atoms with Gasteiger partial charge in [0.15, 0.2) is 0 Å². The second-order valence-corrected chi connectivity index (χ2v) is 2.19. The quantitative estimate of drug-likeness (QED) is 0.317. The lowest BCUT2D eigenvalue weighted by Gasteiger charge is -1.93. The standard InChI is InChI=1S/C8H16NO/c1-3-5-7-9-10-8-6-4-2/h3-6,8H2,1-2H3.